The second kappa shape index (κ2) is 10.7. The molecule has 0 unspecified atom stereocenters. The number of hydrogen-bond acceptors (Lipinski definition) is 9. The molecule has 0 aliphatic carbocycles. The van der Waals surface area contributed by atoms with E-state index < -0.39 is 28.3 Å². The third-order valence-corrected chi connectivity index (χ3v) is 7.25. The average molecular weight is 564 g/mol. The lowest BCUT2D eigenvalue weighted by molar-refractivity contribution is -0.384. The summed E-state index contributed by atoms with van der Waals surface area (Å²) in [5.41, 5.74) is 0.909. The minimum absolute atomic E-state index is 0.129. The Morgan fingerprint density at radius 1 is 1.23 bits per heavy atom. The van der Waals surface area contributed by atoms with Crippen molar-refractivity contribution in [1.29, 1.82) is 0 Å². The highest BCUT2D eigenvalue weighted by molar-refractivity contribution is 7.07. The Labute approximate surface area is 230 Å². The Morgan fingerprint density at radius 3 is 2.65 bits per heavy atom. The van der Waals surface area contributed by atoms with Crippen molar-refractivity contribution in [2.24, 2.45) is 4.99 Å². The Hall–Kier alpha value is -4.84. The summed E-state index contributed by atoms with van der Waals surface area (Å²) in [6, 6.07) is 12.1. The monoisotopic (exact) mass is 563 g/mol. The normalized spacial score (nSPS) is 15.0. The molecular formula is C28H22FN3O7S. The molecule has 0 bridgehead atoms. The fraction of sp³-hybridized carbons (Fsp3) is 0.179. The first kappa shape index (κ1) is 26.8. The molecule has 204 valence electrons. The molecule has 0 saturated carbocycles. The summed E-state index contributed by atoms with van der Waals surface area (Å²) in [5, 5.41) is 11.3. The van der Waals surface area contributed by atoms with E-state index >= 15 is 0 Å². The van der Waals surface area contributed by atoms with Crippen molar-refractivity contribution in [2.45, 2.75) is 19.9 Å². The number of nitrogens with zero attached hydrogens (tertiary/aromatic N) is 3. The van der Waals surface area contributed by atoms with Crippen LogP contribution >= 0.6 is 11.3 Å². The number of furan rings is 1. The van der Waals surface area contributed by atoms with Gasteiger partial charge in [0.05, 0.1) is 46.0 Å². The number of aromatic nitrogens is 1. The molecule has 5 rings (SSSR count). The molecule has 0 spiro atoms. The molecule has 2 aromatic carbocycles. The van der Waals surface area contributed by atoms with E-state index in [9.17, 15) is 24.1 Å². The zero-order valence-electron chi connectivity index (χ0n) is 21.5. The molecule has 0 radical (unpaired) electrons. The zero-order valence-corrected chi connectivity index (χ0v) is 22.4. The number of allylic oxidation sites excluding steroid dienone is 1. The topological polar surface area (TPSA) is 126 Å². The van der Waals surface area contributed by atoms with Crippen molar-refractivity contribution in [3.05, 3.63) is 113 Å². The standard InChI is InChI=1S/C28H22FN3O7S/c1-4-38-27(34)24-15(2)30-28-31(25(24)16-5-7-17(29)8-6-16)26(33)23(40-28)14-19-10-12-22(39-19)20-13-18(32(35)36)9-11-21(20)37-3/h5-14,25H,4H2,1-3H3/t25-/m0/s1. The molecule has 4 aromatic rings. The number of carbonyl (C=O) groups is 1. The predicted molar refractivity (Wildman–Crippen MR) is 144 cm³/mol. The summed E-state index contributed by atoms with van der Waals surface area (Å²) in [4.78, 5) is 42.2. The van der Waals surface area contributed by atoms with Crippen LogP contribution in [0.15, 0.2) is 80.1 Å². The molecule has 0 saturated heterocycles. The molecule has 3 heterocycles. The van der Waals surface area contributed by atoms with Crippen LogP contribution < -0.4 is 19.6 Å². The number of halogens is 1. The minimum Gasteiger partial charge on any atom is -0.496 e. The number of ether oxygens (including phenoxy) is 2. The van der Waals surface area contributed by atoms with Gasteiger partial charge in [0.15, 0.2) is 4.80 Å². The lowest BCUT2D eigenvalue weighted by atomic mass is 9.96. The van der Waals surface area contributed by atoms with Crippen LogP contribution in [0.2, 0.25) is 0 Å². The van der Waals surface area contributed by atoms with Crippen molar-refractivity contribution in [3.8, 4) is 17.1 Å². The number of fused-ring (bicyclic) bond motifs is 1. The van der Waals surface area contributed by atoms with E-state index in [0.717, 1.165) is 11.3 Å². The van der Waals surface area contributed by atoms with Crippen LogP contribution in [0.3, 0.4) is 0 Å². The van der Waals surface area contributed by atoms with Gasteiger partial charge in [-0.1, -0.05) is 23.5 Å². The Bertz CT molecular complexity index is 1850. The highest BCUT2D eigenvalue weighted by Gasteiger charge is 2.33. The fourth-order valence-electron chi connectivity index (χ4n) is 4.46. The maximum Gasteiger partial charge on any atom is 0.338 e. The van der Waals surface area contributed by atoms with Gasteiger partial charge in [0.25, 0.3) is 11.2 Å². The van der Waals surface area contributed by atoms with E-state index in [4.69, 9.17) is 13.9 Å². The molecule has 40 heavy (non-hydrogen) atoms. The van der Waals surface area contributed by atoms with E-state index in [0.29, 0.717) is 38.9 Å². The van der Waals surface area contributed by atoms with E-state index in [-0.39, 0.29) is 22.4 Å². The highest BCUT2D eigenvalue weighted by atomic mass is 32.1. The van der Waals surface area contributed by atoms with Crippen LogP contribution in [0.25, 0.3) is 17.4 Å². The van der Waals surface area contributed by atoms with Gasteiger partial charge in [0.2, 0.25) is 0 Å². The highest BCUT2D eigenvalue weighted by Crippen LogP contribution is 2.35. The molecule has 12 heteroatoms. The molecule has 1 aliphatic heterocycles. The summed E-state index contributed by atoms with van der Waals surface area (Å²) in [7, 11) is 1.44. The number of hydrogen-bond donors (Lipinski definition) is 0. The number of thiazole rings is 1. The molecule has 1 aliphatic rings. The first-order valence-electron chi connectivity index (χ1n) is 12.1. The van der Waals surface area contributed by atoms with Gasteiger partial charge >= 0.3 is 5.97 Å². The third-order valence-electron chi connectivity index (χ3n) is 6.26. The Kier molecular flexibility index (Phi) is 7.18. The summed E-state index contributed by atoms with van der Waals surface area (Å²) < 4.78 is 31.9. The largest absolute Gasteiger partial charge is 0.496 e. The second-order valence-electron chi connectivity index (χ2n) is 8.70. The van der Waals surface area contributed by atoms with Crippen LogP contribution in [0.1, 0.15) is 31.2 Å². The maximum atomic E-state index is 13.7. The molecular weight excluding hydrogens is 541 g/mol. The van der Waals surface area contributed by atoms with Crippen molar-refractivity contribution < 1.29 is 28.0 Å². The fourth-order valence-corrected chi connectivity index (χ4v) is 5.49. The number of carbonyl (C=O) groups excluding carboxylic acids is 1. The number of benzene rings is 2. The van der Waals surface area contributed by atoms with Gasteiger partial charge in [-0.3, -0.25) is 19.5 Å². The van der Waals surface area contributed by atoms with Gasteiger partial charge in [-0.05, 0) is 49.7 Å². The van der Waals surface area contributed by atoms with Crippen molar-refractivity contribution >= 4 is 29.1 Å². The molecule has 2 aromatic heterocycles. The summed E-state index contributed by atoms with van der Waals surface area (Å²) in [6.07, 6.45) is 1.53. The number of nitro benzene ring substituents is 1. The Morgan fingerprint density at radius 2 is 1.98 bits per heavy atom. The van der Waals surface area contributed by atoms with Gasteiger partial charge < -0.3 is 13.9 Å². The molecule has 0 fully saturated rings. The van der Waals surface area contributed by atoms with E-state index in [2.05, 4.69) is 4.99 Å². The molecule has 0 amide bonds. The number of methoxy groups -OCH3 is 1. The van der Waals surface area contributed by atoms with Crippen molar-refractivity contribution in [1.82, 2.24) is 4.57 Å². The molecule has 0 N–H and O–H groups in total. The van der Waals surface area contributed by atoms with Gasteiger partial charge in [-0.25, -0.2) is 14.2 Å². The zero-order chi connectivity index (χ0) is 28.6. The van der Waals surface area contributed by atoms with Gasteiger partial charge in [0, 0.05) is 18.2 Å². The predicted octanol–water partition coefficient (Wildman–Crippen LogP) is 4.11. The smallest absolute Gasteiger partial charge is 0.338 e. The van der Waals surface area contributed by atoms with Crippen molar-refractivity contribution in [3.63, 3.8) is 0 Å². The summed E-state index contributed by atoms with van der Waals surface area (Å²) in [5.74, 6) is -0.0673. The van der Waals surface area contributed by atoms with E-state index in [1.54, 1.807) is 26.0 Å². The lowest BCUT2D eigenvalue weighted by Crippen LogP contribution is -2.39. The number of rotatable bonds is 7. The van der Waals surface area contributed by atoms with Crippen LogP contribution in [-0.4, -0.2) is 29.2 Å². The number of non-ortho nitro benzene ring substituents is 1. The van der Waals surface area contributed by atoms with Crippen LogP contribution in [0, 0.1) is 15.9 Å². The quantitative estimate of drug-likeness (QED) is 0.188. The molecule has 10 nitrogen and oxygen atoms in total. The lowest BCUT2D eigenvalue weighted by Gasteiger charge is -2.24. The first-order chi connectivity index (χ1) is 19.2. The Balaban J connectivity index is 1.63. The van der Waals surface area contributed by atoms with Gasteiger partial charge in [-0.2, -0.15) is 0 Å². The van der Waals surface area contributed by atoms with Crippen LogP contribution in [0.4, 0.5) is 10.1 Å². The summed E-state index contributed by atoms with van der Waals surface area (Å²) in [6.45, 7) is 3.47. The third kappa shape index (κ3) is 4.84. The number of esters is 1. The molecule has 1 atom stereocenters. The number of nitro groups is 1. The minimum atomic E-state index is -0.876. The second-order valence-corrected chi connectivity index (χ2v) is 9.71. The van der Waals surface area contributed by atoms with E-state index in [1.807, 2.05) is 0 Å². The average Bonchev–Trinajstić information content (AvgIpc) is 3.52. The van der Waals surface area contributed by atoms with Crippen LogP contribution in [0.5, 0.6) is 5.75 Å². The van der Waals surface area contributed by atoms with Gasteiger partial charge in [0.1, 0.15) is 23.1 Å². The van der Waals surface area contributed by atoms with Crippen LogP contribution in [-0.2, 0) is 9.53 Å². The van der Waals surface area contributed by atoms with E-state index in [1.165, 1.54) is 60.2 Å². The maximum absolute atomic E-state index is 13.7. The van der Waals surface area contributed by atoms with Gasteiger partial charge in [-0.15, -0.1) is 0 Å². The first-order valence-corrected chi connectivity index (χ1v) is 12.9. The SMILES string of the molecule is CCOC(=O)C1=C(C)N=c2sc(=Cc3ccc(-c4cc([N+](=O)[O-])ccc4OC)o3)c(=O)n2[C@H]1c1ccc(F)cc1. The summed E-state index contributed by atoms with van der Waals surface area (Å²) >= 11 is 1.10. The van der Waals surface area contributed by atoms with Crippen molar-refractivity contribution in [2.75, 3.05) is 13.7 Å².